The Morgan fingerprint density at radius 2 is 1.58 bits per heavy atom. The molecule has 5 N–H and O–H groups in total. The van der Waals surface area contributed by atoms with Gasteiger partial charge in [0.05, 0.1) is 64.8 Å². The van der Waals surface area contributed by atoms with Crippen LogP contribution in [0, 0.1) is 17.8 Å². The van der Waals surface area contributed by atoms with Gasteiger partial charge in [-0.15, -0.1) is 10.2 Å². The van der Waals surface area contributed by atoms with Gasteiger partial charge in [-0.3, -0.25) is 9.48 Å². The molecule has 0 saturated carbocycles. The van der Waals surface area contributed by atoms with Crippen LogP contribution in [0.1, 0.15) is 132 Å². The molecule has 5 heterocycles. The summed E-state index contributed by atoms with van der Waals surface area (Å²) in [5.74, 6) is -2.79. The van der Waals surface area contributed by atoms with Crippen molar-refractivity contribution >= 4 is 28.6 Å². The van der Waals surface area contributed by atoms with Crippen LogP contribution in [0.15, 0.2) is 36.7 Å². The van der Waals surface area contributed by atoms with Gasteiger partial charge >= 0.3 is 5.97 Å². The summed E-state index contributed by atoms with van der Waals surface area (Å²) >= 11 is 1.84. The fourth-order valence-corrected chi connectivity index (χ4v) is 11.9. The van der Waals surface area contributed by atoms with E-state index in [4.69, 9.17) is 28.4 Å². The molecular formula is C55H91IN8O12. The number of carbonyl (C=O) groups is 1. The van der Waals surface area contributed by atoms with E-state index in [0.717, 1.165) is 42.9 Å². The Bertz CT molecular complexity index is 2300. The molecule has 430 valence electrons. The average molecular weight is 1180 g/mol. The van der Waals surface area contributed by atoms with E-state index in [0.29, 0.717) is 25.9 Å². The van der Waals surface area contributed by atoms with E-state index in [1.165, 1.54) is 19.6 Å². The fraction of sp³-hybridized carbons (Fsp3) is 0.800. The third-order valence-corrected chi connectivity index (χ3v) is 17.9. The lowest BCUT2D eigenvalue weighted by molar-refractivity contribution is -0.318. The van der Waals surface area contributed by atoms with Crippen LogP contribution in [0.2, 0.25) is 0 Å². The number of alkyl halides is 1. The Hall–Kier alpha value is -2.78. The Labute approximate surface area is 464 Å². The lowest BCUT2D eigenvalue weighted by atomic mass is 9.77. The van der Waals surface area contributed by atoms with E-state index in [1.807, 2.05) is 84.1 Å². The van der Waals surface area contributed by atoms with E-state index < -0.39 is 100 Å². The first-order valence-electron chi connectivity index (χ1n) is 27.3. The highest BCUT2D eigenvalue weighted by molar-refractivity contribution is 14.1. The summed E-state index contributed by atoms with van der Waals surface area (Å²) in [4.78, 5) is 18.4. The summed E-state index contributed by atoms with van der Waals surface area (Å²) < 4.78 is 40.7. The van der Waals surface area contributed by atoms with Crippen LogP contribution >= 0.6 is 22.6 Å². The Morgan fingerprint density at radius 3 is 2.22 bits per heavy atom. The van der Waals surface area contributed by atoms with E-state index in [9.17, 15) is 30.3 Å². The number of cyclic esters (lactones) is 1. The largest absolute Gasteiger partial charge is 0.448 e. The first-order valence-corrected chi connectivity index (χ1v) is 28.5. The molecule has 6 rings (SSSR count). The molecule has 3 aromatic rings. The first kappa shape index (κ1) is 62.4. The second-order valence-corrected chi connectivity index (χ2v) is 25.4. The van der Waals surface area contributed by atoms with Crippen LogP contribution in [0.5, 0.6) is 0 Å². The van der Waals surface area contributed by atoms with Crippen molar-refractivity contribution in [1.29, 1.82) is 0 Å². The highest BCUT2D eigenvalue weighted by atomic mass is 127. The van der Waals surface area contributed by atoms with Gasteiger partial charge in [-0.25, -0.2) is 4.68 Å². The van der Waals surface area contributed by atoms with Gasteiger partial charge in [0, 0.05) is 69.2 Å². The minimum Gasteiger partial charge on any atom is -0.448 e. The van der Waals surface area contributed by atoms with E-state index in [1.54, 1.807) is 34.6 Å². The van der Waals surface area contributed by atoms with Crippen molar-refractivity contribution in [2.75, 3.05) is 34.3 Å². The number of likely N-dealkylation sites (N-methyl/N-ethyl adjacent to an activating group) is 2. The Morgan fingerprint density at radius 1 is 0.895 bits per heavy atom. The number of hydrogen-bond donors (Lipinski definition) is 5. The molecule has 0 aliphatic carbocycles. The molecule has 18 atom stereocenters. The normalized spacial score (nSPS) is 37.9. The number of esters is 1. The number of aromatic nitrogens is 6. The van der Waals surface area contributed by atoms with Crippen molar-refractivity contribution in [3.8, 4) is 5.69 Å². The minimum absolute atomic E-state index is 0.0672. The zero-order chi connectivity index (χ0) is 56.2. The van der Waals surface area contributed by atoms with Gasteiger partial charge in [-0.2, -0.15) is 0 Å². The molecule has 0 unspecified atom stereocenters. The van der Waals surface area contributed by atoms with Crippen LogP contribution in [-0.2, 0) is 58.0 Å². The minimum atomic E-state index is -1.86. The maximum Gasteiger partial charge on any atom is 0.312 e. The molecular weight excluding hydrogens is 1090 g/mol. The van der Waals surface area contributed by atoms with Crippen molar-refractivity contribution in [2.24, 2.45) is 17.8 Å². The summed E-state index contributed by atoms with van der Waals surface area (Å²) in [7, 11) is 5.30. The molecule has 2 aromatic heterocycles. The van der Waals surface area contributed by atoms with Gasteiger partial charge in [0.15, 0.2) is 16.7 Å². The Balaban J connectivity index is 1.15. The molecule has 3 fully saturated rings. The van der Waals surface area contributed by atoms with Gasteiger partial charge in [0.25, 0.3) is 0 Å². The predicted octanol–water partition coefficient (Wildman–Crippen LogP) is 4.99. The number of nitrogens with zero attached hydrogens (tertiary/aromatic N) is 8. The molecule has 0 amide bonds. The monoisotopic (exact) mass is 1180 g/mol. The second kappa shape index (κ2) is 25.8. The second-order valence-electron chi connectivity index (χ2n) is 24.2. The van der Waals surface area contributed by atoms with Crippen LogP contribution in [0.3, 0.4) is 0 Å². The van der Waals surface area contributed by atoms with Gasteiger partial charge in [-0.05, 0) is 141 Å². The summed E-state index contributed by atoms with van der Waals surface area (Å²) in [5.41, 5.74) is -0.586. The van der Waals surface area contributed by atoms with Crippen LogP contribution < -0.4 is 0 Å². The van der Waals surface area contributed by atoms with Crippen molar-refractivity contribution < 1.29 is 58.7 Å². The quantitative estimate of drug-likeness (QED) is 0.0583. The number of halogens is 1. The molecule has 20 nitrogen and oxygen atoms in total. The topological polar surface area (TPSA) is 241 Å². The van der Waals surface area contributed by atoms with Crippen LogP contribution in [0.4, 0.5) is 0 Å². The van der Waals surface area contributed by atoms with E-state index >= 15 is 0 Å². The molecule has 0 radical (unpaired) electrons. The Kier molecular flexibility index (Phi) is 21.2. The highest BCUT2D eigenvalue weighted by Crippen LogP contribution is 2.40. The summed E-state index contributed by atoms with van der Waals surface area (Å²) in [6.45, 7) is 23.9. The van der Waals surface area contributed by atoms with Crippen molar-refractivity contribution in [3.05, 3.63) is 53.6 Å². The number of unbranched alkanes of at least 4 members (excludes halogenated alkanes) is 1. The summed E-state index contributed by atoms with van der Waals surface area (Å²) in [5, 5.41) is 77.0. The standard InChI is InChI=1S/C55H91IN8O12/c1-32-27-53(10,69)48(34(3)45(74-43-28-54(11,71-15)47(67)37(6)73-43)35(4)49(68)76-51(56)55(12,70)46(66)36(5)62(14)29-32)75-50-44(65)41(26-33(2)72-50)61(13)25-23-39-30-63(59-57-39)24-17-16-18-38-19-21-40(22-20-38)64-31-42(58-60-64)52(7,8)9/h19-22,30-37,41,43-48,50-51,65-67,69-70H,16-18,23-29H2,1-15H3/t32-,33-,34+,35-,36-,37+,41+,43+,44-,45+,46-,47+,48-,50+,51+,53-,54-,55+/m1/s1. The van der Waals surface area contributed by atoms with Gasteiger partial charge in [0.2, 0.25) is 0 Å². The zero-order valence-corrected chi connectivity index (χ0v) is 49.9. The number of aryl methyl sites for hydroxylation is 2. The number of aliphatic hydroxyl groups excluding tert-OH is 3. The molecule has 3 aliphatic heterocycles. The number of benzene rings is 1. The summed E-state index contributed by atoms with van der Waals surface area (Å²) in [6.07, 6.45) is -0.651. The van der Waals surface area contributed by atoms with Crippen LogP contribution in [0.25, 0.3) is 5.69 Å². The zero-order valence-electron chi connectivity index (χ0n) is 47.7. The highest BCUT2D eigenvalue weighted by Gasteiger charge is 2.53. The number of ether oxygens (including phenoxy) is 6. The van der Waals surface area contributed by atoms with Crippen molar-refractivity contribution in [3.63, 3.8) is 0 Å². The lowest BCUT2D eigenvalue weighted by Gasteiger charge is -2.49. The maximum absolute atomic E-state index is 14.4. The van der Waals surface area contributed by atoms with E-state index in [2.05, 4.69) is 70.6 Å². The number of methoxy groups -OCH3 is 1. The van der Waals surface area contributed by atoms with Gasteiger partial charge in [-0.1, -0.05) is 57.2 Å². The van der Waals surface area contributed by atoms with Crippen LogP contribution in [-0.4, -0.2) is 194 Å². The van der Waals surface area contributed by atoms with Gasteiger partial charge < -0.3 is 63.8 Å². The fourth-order valence-electron chi connectivity index (χ4n) is 11.2. The smallest absolute Gasteiger partial charge is 0.312 e. The molecule has 3 aliphatic rings. The number of carbonyl (C=O) groups excluding carboxylic acids is 1. The number of aliphatic hydroxyl groups is 5. The summed E-state index contributed by atoms with van der Waals surface area (Å²) in [6, 6.07) is 7.47. The molecule has 0 bridgehead atoms. The van der Waals surface area contributed by atoms with E-state index in [-0.39, 0.29) is 30.3 Å². The third kappa shape index (κ3) is 15.2. The molecule has 1 aromatic carbocycles. The molecule has 21 heteroatoms. The maximum atomic E-state index is 14.4. The average Bonchev–Trinajstić information content (AvgIpc) is 4.05. The predicted molar refractivity (Wildman–Crippen MR) is 294 cm³/mol. The third-order valence-electron chi connectivity index (χ3n) is 16.4. The molecule has 0 spiro atoms. The van der Waals surface area contributed by atoms with Crippen molar-refractivity contribution in [2.45, 2.75) is 228 Å². The van der Waals surface area contributed by atoms with Gasteiger partial charge in [0.1, 0.15) is 23.9 Å². The number of hydrogen-bond acceptors (Lipinski definition) is 18. The molecule has 76 heavy (non-hydrogen) atoms. The van der Waals surface area contributed by atoms with Crippen molar-refractivity contribution in [1.82, 2.24) is 39.8 Å². The SMILES string of the molecule is CO[C@]1(C)C[C@H](O[C@H]2[C@H](C)[C@@H](O[C@@H]3O[C@H](C)C[C@H](N(C)CCc4cn(CCCCc5ccc(-n6cc(C(C)(C)C)nn6)cc5)nn4)[C@H]3O)[C@](C)(O)C[C@@H](C)CN(C)[C@H](C)[C@@H](O)[C@](C)(O)[C@@H](I)OC(=O)[C@@H]2C)O[C@@H](C)[C@@H]1O. The first-order chi connectivity index (χ1) is 35.4. The number of rotatable bonds is 15. The molecule has 3 saturated heterocycles. The lowest BCUT2D eigenvalue weighted by Crippen LogP contribution is -2.60.